The molecular formula is C13H23N3O4. The number of hydrogen-bond acceptors (Lipinski definition) is 4. The minimum atomic E-state index is -1.16. The topological polar surface area (TPSA) is 122 Å². The van der Waals surface area contributed by atoms with Crippen molar-refractivity contribution in [1.29, 1.82) is 0 Å². The van der Waals surface area contributed by atoms with E-state index in [4.69, 9.17) is 10.8 Å². The lowest BCUT2D eigenvalue weighted by Crippen LogP contribution is -2.58. The quantitative estimate of drug-likeness (QED) is 0.529. The van der Waals surface area contributed by atoms with Crippen molar-refractivity contribution < 1.29 is 19.5 Å². The lowest BCUT2D eigenvalue weighted by atomic mass is 9.77. The zero-order valence-electron chi connectivity index (χ0n) is 11.9. The zero-order valence-corrected chi connectivity index (χ0v) is 11.9. The molecule has 114 valence electrons. The van der Waals surface area contributed by atoms with Gasteiger partial charge in [0.15, 0.2) is 0 Å². The van der Waals surface area contributed by atoms with Crippen molar-refractivity contribution in [3.63, 3.8) is 0 Å². The molecule has 1 aliphatic heterocycles. The van der Waals surface area contributed by atoms with Gasteiger partial charge >= 0.3 is 5.97 Å². The fourth-order valence-corrected chi connectivity index (χ4v) is 2.46. The van der Waals surface area contributed by atoms with Gasteiger partial charge in [-0.1, -0.05) is 13.8 Å². The van der Waals surface area contributed by atoms with Crippen LogP contribution < -0.4 is 16.4 Å². The van der Waals surface area contributed by atoms with Gasteiger partial charge < -0.3 is 21.5 Å². The average molecular weight is 285 g/mol. The molecule has 0 aromatic rings. The predicted molar refractivity (Wildman–Crippen MR) is 72.8 cm³/mol. The first-order valence-electron chi connectivity index (χ1n) is 6.79. The van der Waals surface area contributed by atoms with Crippen molar-refractivity contribution in [3.8, 4) is 0 Å². The number of hydrogen-bond donors (Lipinski definition) is 4. The Morgan fingerprint density at radius 1 is 1.45 bits per heavy atom. The van der Waals surface area contributed by atoms with E-state index < -0.39 is 24.0 Å². The summed E-state index contributed by atoms with van der Waals surface area (Å²) in [6, 6.07) is -1.51. The highest BCUT2D eigenvalue weighted by molar-refractivity contribution is 5.88. The van der Waals surface area contributed by atoms with Crippen LogP contribution in [0.15, 0.2) is 0 Å². The van der Waals surface area contributed by atoms with Crippen LogP contribution in [0, 0.1) is 5.41 Å². The van der Waals surface area contributed by atoms with Crippen LogP contribution in [-0.2, 0) is 14.4 Å². The summed E-state index contributed by atoms with van der Waals surface area (Å²) in [7, 11) is 0. The number of piperidine rings is 1. The first kappa shape index (κ1) is 16.4. The molecule has 0 radical (unpaired) electrons. The number of nitrogens with one attached hydrogen (secondary N) is 2. The maximum atomic E-state index is 12.2. The molecule has 20 heavy (non-hydrogen) atoms. The molecule has 2 amide bonds. The molecule has 1 fully saturated rings. The van der Waals surface area contributed by atoms with Gasteiger partial charge in [-0.05, 0) is 31.2 Å². The van der Waals surface area contributed by atoms with Gasteiger partial charge in [-0.2, -0.15) is 0 Å². The minimum Gasteiger partial charge on any atom is -0.480 e. The molecule has 0 bridgehead atoms. The van der Waals surface area contributed by atoms with E-state index in [1.165, 1.54) is 0 Å². The lowest BCUT2D eigenvalue weighted by molar-refractivity contribution is -0.143. The third kappa shape index (κ3) is 4.48. The maximum absolute atomic E-state index is 12.2. The fraction of sp³-hybridized carbons (Fsp3) is 0.769. The van der Waals surface area contributed by atoms with E-state index in [-0.39, 0.29) is 24.2 Å². The van der Waals surface area contributed by atoms with Crippen molar-refractivity contribution >= 4 is 17.8 Å². The van der Waals surface area contributed by atoms with Crippen LogP contribution in [0.25, 0.3) is 0 Å². The Morgan fingerprint density at radius 2 is 2.10 bits per heavy atom. The summed E-state index contributed by atoms with van der Waals surface area (Å²) in [4.78, 5) is 34.0. The molecule has 1 heterocycles. The molecule has 7 nitrogen and oxygen atoms in total. The SMILES string of the molecule is CC1(C)CCCNC1C(=O)NC(CCC(N)=O)C(=O)O. The third-order valence-corrected chi connectivity index (χ3v) is 3.68. The van der Waals surface area contributed by atoms with E-state index in [1.54, 1.807) is 0 Å². The van der Waals surface area contributed by atoms with E-state index >= 15 is 0 Å². The molecule has 0 aromatic carbocycles. The number of carboxylic acids is 1. The molecular weight excluding hydrogens is 262 g/mol. The molecule has 7 heteroatoms. The van der Waals surface area contributed by atoms with Crippen LogP contribution in [0.4, 0.5) is 0 Å². The smallest absolute Gasteiger partial charge is 0.326 e. The Balaban J connectivity index is 2.65. The molecule has 2 atom stereocenters. The van der Waals surface area contributed by atoms with Crippen LogP contribution in [0.1, 0.15) is 39.5 Å². The zero-order chi connectivity index (χ0) is 15.3. The summed E-state index contributed by atoms with van der Waals surface area (Å²) in [5.74, 6) is -2.08. The van der Waals surface area contributed by atoms with Crippen molar-refractivity contribution in [1.82, 2.24) is 10.6 Å². The number of carbonyl (C=O) groups excluding carboxylic acids is 2. The summed E-state index contributed by atoms with van der Waals surface area (Å²) < 4.78 is 0. The third-order valence-electron chi connectivity index (χ3n) is 3.68. The number of carbonyl (C=O) groups is 3. The number of amides is 2. The Hall–Kier alpha value is -1.63. The summed E-state index contributed by atoms with van der Waals surface area (Å²) in [5, 5.41) is 14.7. The van der Waals surface area contributed by atoms with Gasteiger partial charge in [0.1, 0.15) is 6.04 Å². The molecule has 0 saturated carbocycles. The first-order chi connectivity index (χ1) is 9.24. The number of aliphatic carboxylic acids is 1. The van der Waals surface area contributed by atoms with Gasteiger partial charge in [-0.15, -0.1) is 0 Å². The van der Waals surface area contributed by atoms with E-state index in [2.05, 4.69) is 10.6 Å². The van der Waals surface area contributed by atoms with E-state index in [0.29, 0.717) is 0 Å². The second-order valence-corrected chi connectivity index (χ2v) is 5.88. The van der Waals surface area contributed by atoms with Crippen LogP contribution in [0.3, 0.4) is 0 Å². The van der Waals surface area contributed by atoms with Gasteiger partial charge in [0.05, 0.1) is 6.04 Å². The Kier molecular flexibility index (Phi) is 5.50. The van der Waals surface area contributed by atoms with Crippen molar-refractivity contribution in [2.75, 3.05) is 6.54 Å². The average Bonchev–Trinajstić information content (AvgIpc) is 2.32. The van der Waals surface area contributed by atoms with Gasteiger partial charge in [-0.25, -0.2) is 4.79 Å². The van der Waals surface area contributed by atoms with E-state index in [1.807, 2.05) is 13.8 Å². The normalized spacial score (nSPS) is 22.8. The first-order valence-corrected chi connectivity index (χ1v) is 6.79. The van der Waals surface area contributed by atoms with Gasteiger partial charge in [-0.3, -0.25) is 9.59 Å². The van der Waals surface area contributed by atoms with Crippen LogP contribution in [0.5, 0.6) is 0 Å². The van der Waals surface area contributed by atoms with Crippen molar-refractivity contribution in [2.45, 2.75) is 51.6 Å². The summed E-state index contributed by atoms with van der Waals surface area (Å²) >= 11 is 0. The van der Waals surface area contributed by atoms with Crippen molar-refractivity contribution in [3.05, 3.63) is 0 Å². The minimum absolute atomic E-state index is 0.00353. The molecule has 2 unspecified atom stereocenters. The molecule has 0 spiro atoms. The molecule has 0 aromatic heterocycles. The second-order valence-electron chi connectivity index (χ2n) is 5.88. The molecule has 0 aliphatic carbocycles. The van der Waals surface area contributed by atoms with Crippen LogP contribution >= 0.6 is 0 Å². The standard InChI is InChI=1S/C13H23N3O4/c1-13(2)6-3-7-15-10(13)11(18)16-8(12(19)20)4-5-9(14)17/h8,10,15H,3-7H2,1-2H3,(H2,14,17)(H,16,18)(H,19,20). The molecule has 1 rings (SSSR count). The van der Waals surface area contributed by atoms with Crippen LogP contribution in [0.2, 0.25) is 0 Å². The van der Waals surface area contributed by atoms with Crippen molar-refractivity contribution in [2.24, 2.45) is 11.1 Å². The second kappa shape index (κ2) is 6.69. The summed E-state index contributed by atoms with van der Waals surface area (Å²) in [6.07, 6.45) is 1.82. The highest BCUT2D eigenvalue weighted by Gasteiger charge is 2.38. The maximum Gasteiger partial charge on any atom is 0.326 e. The monoisotopic (exact) mass is 285 g/mol. The predicted octanol–water partition coefficient (Wildman–Crippen LogP) is -0.400. The number of rotatable bonds is 6. The van der Waals surface area contributed by atoms with Gasteiger partial charge in [0, 0.05) is 6.42 Å². The molecule has 1 saturated heterocycles. The highest BCUT2D eigenvalue weighted by atomic mass is 16.4. The van der Waals surface area contributed by atoms with Gasteiger partial charge in [0.25, 0.3) is 0 Å². The Morgan fingerprint density at radius 3 is 2.60 bits per heavy atom. The fourth-order valence-electron chi connectivity index (χ4n) is 2.46. The molecule has 1 aliphatic rings. The Bertz CT molecular complexity index is 395. The number of carboxylic acid groups (broad SMARTS) is 1. The molecule has 5 N–H and O–H groups in total. The summed E-state index contributed by atoms with van der Waals surface area (Å²) in [5.41, 5.74) is 4.77. The van der Waals surface area contributed by atoms with E-state index in [9.17, 15) is 14.4 Å². The van der Waals surface area contributed by atoms with E-state index in [0.717, 1.165) is 19.4 Å². The number of nitrogens with two attached hydrogens (primary N) is 1. The Labute approximate surface area is 118 Å². The van der Waals surface area contributed by atoms with Crippen LogP contribution in [-0.4, -0.2) is 41.5 Å². The summed E-state index contributed by atoms with van der Waals surface area (Å²) in [6.45, 7) is 4.69. The lowest BCUT2D eigenvalue weighted by Gasteiger charge is -2.38. The number of primary amides is 1. The van der Waals surface area contributed by atoms with Gasteiger partial charge in [0.2, 0.25) is 11.8 Å². The largest absolute Gasteiger partial charge is 0.480 e. The highest BCUT2D eigenvalue weighted by Crippen LogP contribution is 2.30.